The average molecular weight is 1270 g/mol. The highest BCUT2D eigenvalue weighted by Crippen LogP contribution is 2.12. The second-order valence-electron chi connectivity index (χ2n) is 19.9. The molecule has 0 aromatic carbocycles. The molecule has 38 heteroatoms. The zero-order valence-corrected chi connectivity index (χ0v) is 47.8. The SMILES string of the molecule is CC(=O)N[C@@H](CCC(=O)NC[C@H](O)[C@@H](O)[C@H](O)[C@H](O)CO)C(=O)N[C@@H](CCC(=O)O)C(=O)N[C@@H](CCC(=O)NC[C@H](O)[C@@H](O)[C@H](O)[C@H](O)CO)C(=O)N[C@@H](CCC(=O)O)C(=O)N[C@@H](CCC(=O)NC[C@H](O)[C@@H](O)[C@H](O)[C@H](O)CO)C(=O)N[C@H](C)CS. The van der Waals surface area contributed by atoms with Crippen LogP contribution in [0.5, 0.6) is 0 Å². The molecule has 0 heterocycles. The third-order valence-corrected chi connectivity index (χ3v) is 13.2. The smallest absolute Gasteiger partial charge is 0.303 e. The lowest BCUT2D eigenvalue weighted by Crippen LogP contribution is -2.59. The van der Waals surface area contributed by atoms with Crippen LogP contribution in [0, 0.1) is 0 Å². The summed E-state index contributed by atoms with van der Waals surface area (Å²) in [4.78, 5) is 144. The van der Waals surface area contributed by atoms with Crippen LogP contribution in [0.25, 0.3) is 0 Å². The van der Waals surface area contributed by atoms with Crippen molar-refractivity contribution < 1.29 is 140 Å². The van der Waals surface area contributed by atoms with Crippen LogP contribution in [0.2, 0.25) is 0 Å². The van der Waals surface area contributed by atoms with Crippen LogP contribution in [0.3, 0.4) is 0 Å². The Morgan fingerprint density at radius 2 is 0.570 bits per heavy atom. The van der Waals surface area contributed by atoms with Gasteiger partial charge >= 0.3 is 11.9 Å². The Bertz CT molecular complexity index is 2180. The van der Waals surface area contributed by atoms with Gasteiger partial charge < -0.3 is 135 Å². The van der Waals surface area contributed by atoms with Gasteiger partial charge in [0.15, 0.2) is 0 Å². The van der Waals surface area contributed by atoms with Crippen molar-refractivity contribution in [2.24, 2.45) is 0 Å². The molecule has 26 N–H and O–H groups in total. The summed E-state index contributed by atoms with van der Waals surface area (Å²) in [7, 11) is 0. The lowest BCUT2D eigenvalue weighted by atomic mass is 10.0. The normalized spacial score (nSPS) is 17.7. The highest BCUT2D eigenvalue weighted by atomic mass is 32.1. The first kappa shape index (κ1) is 79.9. The van der Waals surface area contributed by atoms with Gasteiger partial charge in [0.2, 0.25) is 53.2 Å². The third kappa shape index (κ3) is 31.0. The molecule has 0 aromatic heterocycles. The number of hydrogen-bond donors (Lipinski definition) is 27. The molecule has 496 valence electrons. The van der Waals surface area contributed by atoms with Gasteiger partial charge in [0, 0.05) is 70.5 Å². The van der Waals surface area contributed by atoms with E-state index in [0.717, 1.165) is 6.92 Å². The van der Waals surface area contributed by atoms with E-state index in [-0.39, 0.29) is 5.75 Å². The summed E-state index contributed by atoms with van der Waals surface area (Å²) < 4.78 is 0. The maximum atomic E-state index is 14.3. The van der Waals surface area contributed by atoms with Crippen LogP contribution in [-0.2, 0) is 52.7 Å². The average Bonchev–Trinajstić information content (AvgIpc) is 3.50. The van der Waals surface area contributed by atoms with Crippen molar-refractivity contribution >= 4 is 77.7 Å². The number of nitrogens with one attached hydrogen (secondary N) is 9. The minimum atomic E-state index is -2.15. The van der Waals surface area contributed by atoms with Gasteiger partial charge in [-0.15, -0.1) is 0 Å². The first-order valence-electron chi connectivity index (χ1n) is 26.8. The number of carboxylic acid groups (broad SMARTS) is 2. The zero-order valence-electron chi connectivity index (χ0n) is 47.0. The van der Waals surface area contributed by atoms with Crippen LogP contribution < -0.4 is 47.9 Å². The fourth-order valence-electron chi connectivity index (χ4n) is 7.40. The van der Waals surface area contributed by atoms with Crippen molar-refractivity contribution in [3.63, 3.8) is 0 Å². The molecule has 0 saturated carbocycles. The first-order valence-corrected chi connectivity index (χ1v) is 27.4. The molecule has 0 saturated heterocycles. The summed E-state index contributed by atoms with van der Waals surface area (Å²) in [6.07, 6.45) is -31.3. The lowest BCUT2D eigenvalue weighted by molar-refractivity contribution is -0.139. The van der Waals surface area contributed by atoms with E-state index in [4.69, 9.17) is 15.3 Å². The number of carboxylic acids is 2. The molecule has 0 aliphatic rings. The molecule has 0 fully saturated rings. The number of carbonyl (C=O) groups excluding carboxylic acids is 9. The standard InChI is InChI=1S/C48H85N9O28S/c1-20(19-86)52-44(81)23(4-9-34(69)50-14-28(63)39(76)42(79)31(66)17-59)54-47(84)26(7-12-37(73)74)57-46(83)24(5-10-35(70)51-15-29(64)40(77)43(80)32(67)18-60)55-48(85)25(6-11-36(71)72)56-45(82)22(53-21(2)61)3-8-33(68)49-13-27(62)38(75)41(78)30(65)16-58/h20,22-32,38-43,58-60,62-67,75-80,86H,3-19H2,1-2H3,(H,49,68)(H,50,69)(H,51,70)(H,52,81)(H,53,61)(H,54,84)(H,55,85)(H,56,82)(H,57,83)(H,71,72)(H,73,74)/t20-,22+,23+,24+,25+,26+,27+,28+,29+,30-,31-,32-,38-,39-,40-,41-,42-,43-/m1/s1. The Labute approximate surface area is 496 Å². The van der Waals surface area contributed by atoms with Gasteiger partial charge in [0.25, 0.3) is 0 Å². The van der Waals surface area contributed by atoms with Gasteiger partial charge in [-0.2, -0.15) is 12.6 Å². The molecule has 0 rings (SSSR count). The molecule has 9 amide bonds. The predicted molar refractivity (Wildman–Crippen MR) is 291 cm³/mol. The van der Waals surface area contributed by atoms with Crippen LogP contribution in [0.4, 0.5) is 0 Å². The molecule has 0 spiro atoms. The number of thiol groups is 1. The number of rotatable bonds is 45. The van der Waals surface area contributed by atoms with Crippen molar-refractivity contribution in [2.45, 2.75) is 188 Å². The van der Waals surface area contributed by atoms with E-state index in [1.54, 1.807) is 0 Å². The Balaban J connectivity index is 7.06. The lowest BCUT2D eigenvalue weighted by Gasteiger charge is -2.27. The third-order valence-electron chi connectivity index (χ3n) is 12.7. The summed E-state index contributed by atoms with van der Waals surface area (Å²) in [6, 6.07) is -10.1. The van der Waals surface area contributed by atoms with E-state index in [0.29, 0.717) is 0 Å². The monoisotopic (exact) mass is 1270 g/mol. The predicted octanol–water partition coefficient (Wildman–Crippen LogP) is -13.4. The number of aliphatic carboxylic acids is 2. The number of carbonyl (C=O) groups is 11. The van der Waals surface area contributed by atoms with Crippen molar-refractivity contribution in [3.05, 3.63) is 0 Å². The van der Waals surface area contributed by atoms with Gasteiger partial charge in [-0.25, -0.2) is 0 Å². The van der Waals surface area contributed by atoms with Crippen molar-refractivity contribution in [3.8, 4) is 0 Å². The minimum Gasteiger partial charge on any atom is -0.481 e. The highest BCUT2D eigenvalue weighted by Gasteiger charge is 2.36. The van der Waals surface area contributed by atoms with Crippen LogP contribution in [0.1, 0.15) is 78.1 Å². The van der Waals surface area contributed by atoms with E-state index < -0.39 is 278 Å². The van der Waals surface area contributed by atoms with E-state index >= 15 is 0 Å². The highest BCUT2D eigenvalue weighted by molar-refractivity contribution is 7.80. The van der Waals surface area contributed by atoms with Gasteiger partial charge in [-0.3, -0.25) is 52.7 Å². The molecule has 0 unspecified atom stereocenters. The van der Waals surface area contributed by atoms with Crippen LogP contribution >= 0.6 is 12.6 Å². The van der Waals surface area contributed by atoms with E-state index in [2.05, 4.69) is 60.5 Å². The molecule has 0 aromatic rings. The number of aliphatic hydroxyl groups is 15. The van der Waals surface area contributed by atoms with E-state index in [1.807, 2.05) is 0 Å². The van der Waals surface area contributed by atoms with Gasteiger partial charge in [-0.05, 0) is 39.0 Å². The molecule has 0 bridgehead atoms. The van der Waals surface area contributed by atoms with Crippen molar-refractivity contribution in [2.75, 3.05) is 45.2 Å². The summed E-state index contributed by atoms with van der Waals surface area (Å²) in [5, 5.41) is 186. The zero-order chi connectivity index (χ0) is 66.1. The maximum Gasteiger partial charge on any atom is 0.303 e. The topological polar surface area (TPSA) is 640 Å². The fraction of sp³-hybridized carbons (Fsp3) is 0.771. The van der Waals surface area contributed by atoms with Crippen molar-refractivity contribution in [1.29, 1.82) is 0 Å². The molecule has 37 nitrogen and oxygen atoms in total. The van der Waals surface area contributed by atoms with Crippen molar-refractivity contribution in [1.82, 2.24) is 47.9 Å². The number of aliphatic hydroxyl groups excluding tert-OH is 15. The Kier molecular flexibility index (Phi) is 39.0. The second kappa shape index (κ2) is 41.9. The molecule has 0 aliphatic heterocycles. The van der Waals surface area contributed by atoms with E-state index in [9.17, 15) is 124 Å². The molecule has 0 radical (unpaired) electrons. The quantitative estimate of drug-likeness (QED) is 0.0252. The number of amides is 9. The maximum absolute atomic E-state index is 14.3. The largest absolute Gasteiger partial charge is 0.481 e. The molecule has 18 atom stereocenters. The van der Waals surface area contributed by atoms with Crippen LogP contribution in [0.15, 0.2) is 0 Å². The number of hydrogen-bond acceptors (Lipinski definition) is 27. The minimum absolute atomic E-state index is 0.0392. The molecule has 0 aliphatic carbocycles. The molecule has 86 heavy (non-hydrogen) atoms. The molecular weight excluding hydrogens is 1180 g/mol. The Morgan fingerprint density at radius 3 is 0.791 bits per heavy atom. The molecular formula is C48H85N9O28S. The van der Waals surface area contributed by atoms with Crippen LogP contribution in [-0.4, -0.2) is 307 Å². The summed E-state index contributed by atoms with van der Waals surface area (Å²) in [5.41, 5.74) is 0. The van der Waals surface area contributed by atoms with E-state index in [1.165, 1.54) is 6.92 Å². The Morgan fingerprint density at radius 1 is 0.349 bits per heavy atom. The first-order chi connectivity index (χ1) is 40.1. The van der Waals surface area contributed by atoms with Gasteiger partial charge in [0.1, 0.15) is 85.1 Å². The Hall–Kier alpha value is -6.08. The van der Waals surface area contributed by atoms with Gasteiger partial charge in [-0.1, -0.05) is 0 Å². The second-order valence-corrected chi connectivity index (χ2v) is 20.2. The summed E-state index contributed by atoms with van der Waals surface area (Å²) in [5.74, 6) is -13.1. The summed E-state index contributed by atoms with van der Waals surface area (Å²) in [6.45, 7) is -2.95. The summed E-state index contributed by atoms with van der Waals surface area (Å²) >= 11 is 4.09. The van der Waals surface area contributed by atoms with Gasteiger partial charge in [0.05, 0.1) is 38.1 Å². The fourth-order valence-corrected chi connectivity index (χ4v) is 7.49.